The molecule has 2 amide bonds. The van der Waals surface area contributed by atoms with Crippen LogP contribution in [0.15, 0.2) is 65.5 Å². The summed E-state index contributed by atoms with van der Waals surface area (Å²) in [5.74, 6) is 0.988. The van der Waals surface area contributed by atoms with Crippen LogP contribution in [-0.2, 0) is 29.0 Å². The lowest BCUT2D eigenvalue weighted by Gasteiger charge is -2.27. The Morgan fingerprint density at radius 2 is 1.75 bits per heavy atom. The maximum Gasteiger partial charge on any atom is 0.248 e. The molecule has 1 N–H and O–H groups in total. The molecule has 13 heteroatoms. The van der Waals surface area contributed by atoms with E-state index in [1.165, 1.54) is 6.92 Å². The number of hydrogen-bond acceptors (Lipinski definition) is 9. The second-order valence-corrected chi connectivity index (χ2v) is 15.4. The summed E-state index contributed by atoms with van der Waals surface area (Å²) in [4.78, 5) is 61.3. The Morgan fingerprint density at radius 1 is 0.962 bits per heavy atom. The number of benzene rings is 1. The molecule has 1 saturated carbocycles. The molecule has 12 nitrogen and oxygen atoms in total. The Balaban J connectivity index is 1.11. The molecule has 2 fully saturated rings. The van der Waals surface area contributed by atoms with Crippen LogP contribution in [0.1, 0.15) is 79.4 Å². The van der Waals surface area contributed by atoms with Crippen molar-refractivity contribution in [3.05, 3.63) is 88.3 Å². The van der Waals surface area contributed by atoms with Gasteiger partial charge in [-0.1, -0.05) is 37.5 Å². The molecule has 3 atom stereocenters. The zero-order valence-electron chi connectivity index (χ0n) is 29.8. The monoisotopic (exact) mass is 776 g/mol. The second-order valence-electron chi connectivity index (χ2n) is 14.6. The Morgan fingerprint density at radius 3 is 2.57 bits per heavy atom. The number of pyridine rings is 2. The number of hydrogen-bond donors (Lipinski definition) is 1. The number of ketones is 1. The van der Waals surface area contributed by atoms with E-state index >= 15 is 0 Å². The van der Waals surface area contributed by atoms with Crippen LogP contribution in [0.4, 0.5) is 5.82 Å². The number of piperidine rings is 1. The summed E-state index contributed by atoms with van der Waals surface area (Å²) >= 11 is 3.48. The molecule has 1 spiro atoms. The molecule has 272 valence electrons. The zero-order valence-corrected chi connectivity index (χ0v) is 31.4. The van der Waals surface area contributed by atoms with Crippen molar-refractivity contribution < 1.29 is 19.1 Å². The summed E-state index contributed by atoms with van der Waals surface area (Å²) in [6, 6.07) is 14.5. The lowest BCUT2D eigenvalue weighted by Crippen LogP contribution is -2.47. The number of halogens is 1. The van der Waals surface area contributed by atoms with Crippen LogP contribution in [0.2, 0.25) is 0 Å². The van der Waals surface area contributed by atoms with E-state index in [0.717, 1.165) is 67.3 Å². The molecule has 0 radical (unpaired) electrons. The lowest BCUT2D eigenvalue weighted by molar-refractivity contribution is -0.138. The van der Waals surface area contributed by atoms with Crippen molar-refractivity contribution in [3.63, 3.8) is 0 Å². The van der Waals surface area contributed by atoms with Gasteiger partial charge in [0.25, 0.3) is 0 Å². The third-order valence-corrected chi connectivity index (χ3v) is 11.3. The van der Waals surface area contributed by atoms with Gasteiger partial charge in [0.1, 0.15) is 34.5 Å². The van der Waals surface area contributed by atoms with Crippen molar-refractivity contribution in [2.24, 2.45) is 5.41 Å². The summed E-state index contributed by atoms with van der Waals surface area (Å²) in [6.45, 7) is 3.49. The summed E-state index contributed by atoms with van der Waals surface area (Å²) in [5, 5.41) is 8.38. The number of aromatic nitrogens is 6. The van der Waals surface area contributed by atoms with Gasteiger partial charge in [-0.15, -0.1) is 0 Å². The lowest BCUT2D eigenvalue weighted by atomic mass is 10.00. The maximum absolute atomic E-state index is 14.5. The van der Waals surface area contributed by atoms with Gasteiger partial charge in [0.15, 0.2) is 5.78 Å². The van der Waals surface area contributed by atoms with Gasteiger partial charge in [0.2, 0.25) is 17.7 Å². The number of aryl methyl sites for hydroxylation is 3. The summed E-state index contributed by atoms with van der Waals surface area (Å²) < 4.78 is 8.52. The topological polar surface area (TPSA) is 145 Å². The van der Waals surface area contributed by atoms with E-state index in [9.17, 15) is 14.4 Å². The highest BCUT2D eigenvalue weighted by Gasteiger charge is 2.67. The molecule has 4 aromatic heterocycles. The molecule has 3 aliphatic rings. The van der Waals surface area contributed by atoms with Gasteiger partial charge in [-0.2, -0.15) is 5.10 Å². The third kappa shape index (κ3) is 7.18. The van der Waals surface area contributed by atoms with Crippen LogP contribution in [-0.4, -0.2) is 70.9 Å². The Labute approximate surface area is 315 Å². The van der Waals surface area contributed by atoms with Gasteiger partial charge in [-0.05, 0) is 96.8 Å². The fourth-order valence-corrected chi connectivity index (χ4v) is 8.24. The third-order valence-electron chi connectivity index (χ3n) is 10.8. The number of rotatable bonds is 4. The first-order valence-corrected chi connectivity index (χ1v) is 19.1. The Bertz CT molecular complexity index is 2220. The molecule has 53 heavy (non-hydrogen) atoms. The van der Waals surface area contributed by atoms with Crippen LogP contribution < -0.4 is 10.1 Å². The molecule has 1 saturated heterocycles. The Hall–Kier alpha value is -5.04. The standard InChI is InChI=1S/C40H41BrN8O4/c1-24(50)37-30-17-27(28-20-42-25(2)43-21-28)13-15-31(30)48(47-37)22-36(51)49-32-18-40(19-33(40)49)23-53-35-12-8-11-29(44-35)10-7-5-3-4-6-9-26-14-16-34(41)45-38(26)46-39(32)52/h8,11-17,20-21,32-33H,3-7,9-10,18-19,22-23H2,1-2H3,(H,45,46,52)/t32-,33+,40-/m0/s1. The first kappa shape index (κ1) is 35.0. The van der Waals surface area contributed by atoms with Gasteiger partial charge in [-0.3, -0.25) is 19.1 Å². The molecule has 4 bridgehead atoms. The van der Waals surface area contributed by atoms with E-state index in [0.29, 0.717) is 52.5 Å². The first-order valence-electron chi connectivity index (χ1n) is 18.3. The predicted octanol–water partition coefficient (Wildman–Crippen LogP) is 6.68. The van der Waals surface area contributed by atoms with Crippen molar-refractivity contribution >= 4 is 50.2 Å². The van der Waals surface area contributed by atoms with Gasteiger partial charge in [-0.25, -0.2) is 19.9 Å². The SMILES string of the molecule is CC(=O)c1nn(CC(=O)N2[C@H]3C[C@@]4(COc5cccc(n5)CCCCCCCc5ccc(Br)nc5NC3=O)C[C@@H]24)c2ccc(-c3cnc(C)nc3)cc12. The molecule has 8 rings (SSSR count). The highest BCUT2D eigenvalue weighted by molar-refractivity contribution is 9.10. The largest absolute Gasteiger partial charge is 0.477 e. The van der Waals surface area contributed by atoms with Gasteiger partial charge < -0.3 is 15.0 Å². The molecule has 5 aromatic rings. The minimum atomic E-state index is -0.748. The second kappa shape index (κ2) is 14.4. The molecule has 0 unspecified atom stereocenters. The summed E-state index contributed by atoms with van der Waals surface area (Å²) in [5.41, 5.74) is 4.14. The van der Waals surface area contributed by atoms with E-state index < -0.39 is 11.5 Å². The fourth-order valence-electron chi connectivity index (χ4n) is 7.93. The van der Waals surface area contributed by atoms with Crippen molar-refractivity contribution in [1.29, 1.82) is 0 Å². The van der Waals surface area contributed by atoms with E-state index in [1.807, 2.05) is 55.5 Å². The number of Topliss-reactive ketones (excluding diaryl/α,β-unsaturated/α-hetero) is 1. The molecule has 1 aromatic carbocycles. The van der Waals surface area contributed by atoms with Gasteiger partial charge >= 0.3 is 0 Å². The molecule has 6 heterocycles. The minimum Gasteiger partial charge on any atom is -0.477 e. The fraction of sp³-hybridized carbons (Fsp3) is 0.400. The number of carbonyl (C=O) groups is 3. The molecule has 1 aliphatic carbocycles. The number of nitrogens with zero attached hydrogens (tertiary/aromatic N) is 7. The van der Waals surface area contributed by atoms with Crippen LogP contribution in [0.3, 0.4) is 0 Å². The highest BCUT2D eigenvalue weighted by Crippen LogP contribution is 2.60. The van der Waals surface area contributed by atoms with Crippen molar-refractivity contribution in [3.8, 4) is 17.0 Å². The van der Waals surface area contributed by atoms with E-state index in [1.54, 1.807) is 22.0 Å². The van der Waals surface area contributed by atoms with Crippen LogP contribution >= 0.6 is 15.9 Å². The minimum absolute atomic E-state index is 0.141. The van der Waals surface area contributed by atoms with Gasteiger partial charge in [0, 0.05) is 53.5 Å². The van der Waals surface area contributed by atoms with E-state index in [2.05, 4.69) is 41.3 Å². The zero-order chi connectivity index (χ0) is 36.7. The summed E-state index contributed by atoms with van der Waals surface area (Å²) in [7, 11) is 0. The molecule has 2 aliphatic heterocycles. The number of amides is 2. The van der Waals surface area contributed by atoms with Crippen molar-refractivity contribution in [1.82, 2.24) is 34.6 Å². The normalized spacial score (nSPS) is 21.7. The average molecular weight is 778 g/mol. The van der Waals surface area contributed by atoms with E-state index in [-0.39, 0.29) is 35.9 Å². The first-order chi connectivity index (χ1) is 25.7. The van der Waals surface area contributed by atoms with E-state index in [4.69, 9.17) is 9.72 Å². The predicted molar refractivity (Wildman–Crippen MR) is 202 cm³/mol. The number of fused-ring (bicyclic) bond motifs is 5. The van der Waals surface area contributed by atoms with Crippen molar-refractivity contribution in [2.45, 2.75) is 90.3 Å². The number of nitrogens with one attached hydrogen (secondary N) is 1. The highest BCUT2D eigenvalue weighted by atomic mass is 79.9. The van der Waals surface area contributed by atoms with Crippen LogP contribution in [0, 0.1) is 12.3 Å². The molecular weight excluding hydrogens is 736 g/mol. The Kier molecular flexibility index (Phi) is 9.52. The van der Waals surface area contributed by atoms with Gasteiger partial charge in [0.05, 0.1) is 12.1 Å². The maximum atomic E-state index is 14.5. The number of anilines is 1. The van der Waals surface area contributed by atoms with Crippen LogP contribution in [0.25, 0.3) is 22.0 Å². The smallest absolute Gasteiger partial charge is 0.248 e. The van der Waals surface area contributed by atoms with Crippen molar-refractivity contribution in [2.75, 3.05) is 11.9 Å². The average Bonchev–Trinajstić information content (AvgIpc) is 3.57. The quantitative estimate of drug-likeness (QED) is 0.156. The number of ether oxygens (including phenoxy) is 1. The van der Waals surface area contributed by atoms with Crippen LogP contribution in [0.5, 0.6) is 5.88 Å². The number of likely N-dealkylation sites (tertiary alicyclic amines) is 1. The summed E-state index contributed by atoms with van der Waals surface area (Å²) in [6.07, 6.45) is 11.7. The number of carbonyl (C=O) groups excluding carboxylic acids is 3. The molecular formula is C40H41BrN8O4.